The maximum atomic E-state index is 13.1. The number of benzene rings is 1. The van der Waals surface area contributed by atoms with Gasteiger partial charge in [-0.05, 0) is 63.1 Å². The zero-order valence-electron chi connectivity index (χ0n) is 12.9. The molecule has 0 unspecified atom stereocenters. The van der Waals surface area contributed by atoms with Gasteiger partial charge in [-0.2, -0.15) is 0 Å². The molecule has 0 aliphatic carbocycles. The summed E-state index contributed by atoms with van der Waals surface area (Å²) in [6, 6.07) is 5.16. The summed E-state index contributed by atoms with van der Waals surface area (Å²) in [6.07, 6.45) is 5.02. The maximum absolute atomic E-state index is 13.1. The molecule has 1 atom stereocenters. The minimum Gasteiger partial charge on any atom is -0.362 e. The van der Waals surface area contributed by atoms with Crippen molar-refractivity contribution < 1.29 is 4.39 Å². The molecule has 22 heavy (non-hydrogen) atoms. The third-order valence-corrected chi connectivity index (χ3v) is 4.56. The van der Waals surface area contributed by atoms with Crippen molar-refractivity contribution in [3.63, 3.8) is 0 Å². The molecule has 0 aromatic heterocycles. The minimum atomic E-state index is -0.429. The van der Waals surface area contributed by atoms with Crippen molar-refractivity contribution in [2.75, 3.05) is 25.0 Å². The van der Waals surface area contributed by atoms with Crippen molar-refractivity contribution >= 4 is 34.6 Å². The van der Waals surface area contributed by atoms with E-state index in [2.05, 4.69) is 22.5 Å². The van der Waals surface area contributed by atoms with Crippen LogP contribution in [-0.2, 0) is 0 Å². The molecule has 2 rings (SSSR count). The average Bonchev–Trinajstić information content (AvgIpc) is 2.49. The Bertz CT molecular complexity index is 512. The van der Waals surface area contributed by atoms with E-state index in [9.17, 15) is 4.39 Å². The number of hydrogen-bond donors (Lipinski definition) is 2. The van der Waals surface area contributed by atoms with E-state index < -0.39 is 5.82 Å². The topological polar surface area (TPSA) is 27.3 Å². The first-order valence-electron chi connectivity index (χ1n) is 7.80. The van der Waals surface area contributed by atoms with E-state index in [1.54, 1.807) is 6.07 Å². The number of halogens is 2. The van der Waals surface area contributed by atoms with Gasteiger partial charge in [-0.3, -0.25) is 0 Å². The molecule has 2 N–H and O–H groups in total. The molecule has 1 aliphatic heterocycles. The average molecular weight is 344 g/mol. The molecule has 0 radical (unpaired) electrons. The lowest BCUT2D eigenvalue weighted by atomic mass is 10.0. The standard InChI is InChI=1S/C16H23ClFN3S/c1-12-5-2-3-9-21(12)10-4-8-19-16(22)20-13-6-7-15(18)14(17)11-13/h6-7,11-12H,2-5,8-10H2,1H3,(H2,19,20,22)/t12-/m1/s1. The van der Waals surface area contributed by atoms with Crippen molar-refractivity contribution in [3.8, 4) is 0 Å². The molecule has 0 bridgehead atoms. The fraction of sp³-hybridized carbons (Fsp3) is 0.562. The van der Waals surface area contributed by atoms with Gasteiger partial charge in [0.2, 0.25) is 0 Å². The number of thiocarbonyl (C=S) groups is 1. The van der Waals surface area contributed by atoms with Crippen molar-refractivity contribution in [3.05, 3.63) is 29.0 Å². The molecule has 6 heteroatoms. The van der Waals surface area contributed by atoms with Crippen LogP contribution in [0.5, 0.6) is 0 Å². The van der Waals surface area contributed by atoms with Gasteiger partial charge in [-0.25, -0.2) is 4.39 Å². The highest BCUT2D eigenvalue weighted by molar-refractivity contribution is 7.80. The van der Waals surface area contributed by atoms with Gasteiger partial charge < -0.3 is 15.5 Å². The lowest BCUT2D eigenvalue weighted by Gasteiger charge is -2.33. The monoisotopic (exact) mass is 343 g/mol. The molecule has 0 amide bonds. The smallest absolute Gasteiger partial charge is 0.170 e. The van der Waals surface area contributed by atoms with Crippen LogP contribution in [0.4, 0.5) is 10.1 Å². The van der Waals surface area contributed by atoms with Gasteiger partial charge in [0, 0.05) is 24.8 Å². The first-order valence-corrected chi connectivity index (χ1v) is 8.59. The van der Waals surface area contributed by atoms with Gasteiger partial charge in [0.1, 0.15) is 5.82 Å². The molecule has 0 spiro atoms. The summed E-state index contributed by atoms with van der Waals surface area (Å²) >= 11 is 11.0. The van der Waals surface area contributed by atoms with Crippen molar-refractivity contribution in [2.24, 2.45) is 0 Å². The van der Waals surface area contributed by atoms with E-state index in [4.69, 9.17) is 23.8 Å². The van der Waals surface area contributed by atoms with Crippen LogP contribution in [0, 0.1) is 5.82 Å². The fourth-order valence-electron chi connectivity index (χ4n) is 2.72. The van der Waals surface area contributed by atoms with Crippen molar-refractivity contribution in [1.29, 1.82) is 0 Å². The summed E-state index contributed by atoms with van der Waals surface area (Å²) in [4.78, 5) is 2.54. The third-order valence-electron chi connectivity index (χ3n) is 4.03. The Kier molecular flexibility index (Phi) is 6.86. The largest absolute Gasteiger partial charge is 0.362 e. The molecule has 1 aromatic rings. The normalized spacial score (nSPS) is 19.0. The van der Waals surface area contributed by atoms with Gasteiger partial charge in [0.15, 0.2) is 5.11 Å². The molecule has 1 heterocycles. The number of likely N-dealkylation sites (tertiary alicyclic amines) is 1. The summed E-state index contributed by atoms with van der Waals surface area (Å²) in [5, 5.41) is 6.82. The number of anilines is 1. The molecule has 122 valence electrons. The third kappa shape index (κ3) is 5.38. The quantitative estimate of drug-likeness (QED) is 0.623. The Hall–Kier alpha value is -0.910. The molecule has 1 aromatic carbocycles. The second-order valence-corrected chi connectivity index (χ2v) is 6.56. The van der Waals surface area contributed by atoms with Crippen LogP contribution in [0.1, 0.15) is 32.6 Å². The van der Waals surface area contributed by atoms with Crippen LogP contribution in [-0.4, -0.2) is 35.7 Å². The number of rotatable bonds is 5. The summed E-state index contributed by atoms with van der Waals surface area (Å²) in [6.45, 7) is 5.43. The van der Waals surface area contributed by atoms with Crippen LogP contribution in [0.15, 0.2) is 18.2 Å². The van der Waals surface area contributed by atoms with E-state index in [0.29, 0.717) is 16.8 Å². The number of nitrogens with zero attached hydrogens (tertiary/aromatic N) is 1. The maximum Gasteiger partial charge on any atom is 0.170 e. The fourth-order valence-corrected chi connectivity index (χ4v) is 3.12. The van der Waals surface area contributed by atoms with Crippen molar-refractivity contribution in [1.82, 2.24) is 10.2 Å². The number of piperidine rings is 1. The Balaban J connectivity index is 1.66. The van der Waals surface area contributed by atoms with E-state index >= 15 is 0 Å². The molecular weight excluding hydrogens is 321 g/mol. The highest BCUT2D eigenvalue weighted by Crippen LogP contribution is 2.19. The summed E-state index contributed by atoms with van der Waals surface area (Å²) in [5.41, 5.74) is 0.688. The molecule has 0 saturated carbocycles. The lowest BCUT2D eigenvalue weighted by Crippen LogP contribution is -2.39. The SMILES string of the molecule is C[C@@H]1CCCCN1CCCNC(=S)Nc1ccc(F)c(Cl)c1. The highest BCUT2D eigenvalue weighted by atomic mass is 35.5. The van der Waals surface area contributed by atoms with Gasteiger partial charge in [-0.1, -0.05) is 18.0 Å². The minimum absolute atomic E-state index is 0.0897. The van der Waals surface area contributed by atoms with Gasteiger partial charge >= 0.3 is 0 Å². The summed E-state index contributed by atoms with van der Waals surface area (Å²) in [7, 11) is 0. The lowest BCUT2D eigenvalue weighted by molar-refractivity contribution is 0.159. The zero-order valence-corrected chi connectivity index (χ0v) is 14.4. The molecular formula is C16H23ClFN3S. The summed E-state index contributed by atoms with van der Waals surface area (Å²) < 4.78 is 13.1. The van der Waals surface area contributed by atoms with E-state index in [-0.39, 0.29) is 5.02 Å². The van der Waals surface area contributed by atoms with E-state index in [1.807, 2.05) is 0 Å². The summed E-state index contributed by atoms with van der Waals surface area (Å²) in [5.74, 6) is -0.429. The zero-order chi connectivity index (χ0) is 15.9. The second-order valence-electron chi connectivity index (χ2n) is 5.74. The first-order chi connectivity index (χ1) is 10.6. The molecule has 1 fully saturated rings. The molecule has 3 nitrogen and oxygen atoms in total. The number of hydrogen-bond acceptors (Lipinski definition) is 2. The van der Waals surface area contributed by atoms with E-state index in [0.717, 1.165) is 19.5 Å². The van der Waals surface area contributed by atoms with Crippen molar-refractivity contribution in [2.45, 2.75) is 38.6 Å². The van der Waals surface area contributed by atoms with Crippen LogP contribution < -0.4 is 10.6 Å². The van der Waals surface area contributed by atoms with Gasteiger partial charge in [-0.15, -0.1) is 0 Å². The van der Waals surface area contributed by atoms with Gasteiger partial charge in [0.25, 0.3) is 0 Å². The predicted octanol–water partition coefficient (Wildman–Crippen LogP) is 4.03. The number of nitrogens with one attached hydrogen (secondary N) is 2. The van der Waals surface area contributed by atoms with Crippen LogP contribution in [0.3, 0.4) is 0 Å². The van der Waals surface area contributed by atoms with Crippen LogP contribution >= 0.6 is 23.8 Å². The Morgan fingerprint density at radius 1 is 1.45 bits per heavy atom. The Labute approximate surface area is 142 Å². The van der Waals surface area contributed by atoms with Crippen LogP contribution in [0.2, 0.25) is 5.02 Å². The second kappa shape index (κ2) is 8.65. The highest BCUT2D eigenvalue weighted by Gasteiger charge is 2.17. The first kappa shape index (κ1) is 17.4. The van der Waals surface area contributed by atoms with Gasteiger partial charge in [0.05, 0.1) is 5.02 Å². The predicted molar refractivity (Wildman–Crippen MR) is 95.1 cm³/mol. The van der Waals surface area contributed by atoms with E-state index in [1.165, 1.54) is 37.9 Å². The van der Waals surface area contributed by atoms with Crippen LogP contribution in [0.25, 0.3) is 0 Å². The Morgan fingerprint density at radius 2 is 2.27 bits per heavy atom. The Morgan fingerprint density at radius 3 is 3.00 bits per heavy atom. The molecule has 1 aliphatic rings. The molecule has 1 saturated heterocycles.